The highest BCUT2D eigenvalue weighted by atomic mass is 16.2. The van der Waals surface area contributed by atoms with E-state index in [1.807, 2.05) is 4.90 Å². The van der Waals surface area contributed by atoms with Crippen molar-refractivity contribution in [3.63, 3.8) is 0 Å². The molecule has 1 amide bonds. The minimum absolute atomic E-state index is 0.145. The van der Waals surface area contributed by atoms with Crippen LogP contribution in [0.3, 0.4) is 0 Å². The number of hydrogen-bond acceptors (Lipinski definition) is 2. The molecule has 1 saturated heterocycles. The molecule has 1 aliphatic heterocycles. The molecule has 1 aromatic carbocycles. The van der Waals surface area contributed by atoms with Gasteiger partial charge in [-0.15, -0.1) is 0 Å². The summed E-state index contributed by atoms with van der Waals surface area (Å²) in [4.78, 5) is 18.5. The lowest BCUT2D eigenvalue weighted by Crippen LogP contribution is -2.40. The molecule has 0 radical (unpaired) electrons. The maximum absolute atomic E-state index is 12.5. The van der Waals surface area contributed by atoms with Gasteiger partial charge < -0.3 is 4.90 Å². The molecule has 2 aromatic rings. The van der Waals surface area contributed by atoms with Gasteiger partial charge in [-0.3, -0.25) is 9.78 Å². The highest BCUT2D eigenvalue weighted by Gasteiger charge is 2.24. The summed E-state index contributed by atoms with van der Waals surface area (Å²) in [5, 5.41) is 0. The van der Waals surface area contributed by atoms with Crippen LogP contribution in [-0.4, -0.2) is 28.9 Å². The van der Waals surface area contributed by atoms with Gasteiger partial charge in [0.2, 0.25) is 0 Å². The maximum Gasteiger partial charge on any atom is 0.253 e. The summed E-state index contributed by atoms with van der Waals surface area (Å²) in [6.07, 6.45) is 7.96. The summed E-state index contributed by atoms with van der Waals surface area (Å²) in [5.41, 5.74) is 2.14. The van der Waals surface area contributed by atoms with Gasteiger partial charge in [0, 0.05) is 31.0 Å². The molecule has 3 heteroatoms. The van der Waals surface area contributed by atoms with Crippen LogP contribution in [-0.2, 0) is 6.42 Å². The molecular weight excluding hydrogens is 272 g/mol. The van der Waals surface area contributed by atoms with Gasteiger partial charge in [-0.1, -0.05) is 30.3 Å². The van der Waals surface area contributed by atoms with Gasteiger partial charge in [-0.25, -0.2) is 0 Å². The smallest absolute Gasteiger partial charge is 0.253 e. The van der Waals surface area contributed by atoms with Crippen molar-refractivity contribution >= 4 is 5.91 Å². The zero-order chi connectivity index (χ0) is 15.2. The van der Waals surface area contributed by atoms with Crippen molar-refractivity contribution in [3.8, 4) is 0 Å². The van der Waals surface area contributed by atoms with E-state index in [0.717, 1.165) is 37.9 Å². The number of nitrogens with zero attached hydrogens (tertiary/aromatic N) is 2. The number of aryl methyl sites for hydroxylation is 1. The van der Waals surface area contributed by atoms with Crippen LogP contribution >= 0.6 is 0 Å². The third kappa shape index (κ3) is 3.73. The minimum Gasteiger partial charge on any atom is -0.338 e. The first-order chi connectivity index (χ1) is 10.8. The summed E-state index contributed by atoms with van der Waals surface area (Å²) in [6, 6.07) is 14.2. The number of hydrogen-bond donors (Lipinski definition) is 0. The van der Waals surface area contributed by atoms with Crippen LogP contribution in [0.5, 0.6) is 0 Å². The van der Waals surface area contributed by atoms with E-state index in [2.05, 4.69) is 35.3 Å². The second kappa shape index (κ2) is 7.21. The van der Waals surface area contributed by atoms with Crippen LogP contribution in [0.2, 0.25) is 0 Å². The molecular formula is C19H22N2O. The third-order valence-corrected chi connectivity index (χ3v) is 4.42. The number of benzene rings is 1. The number of amides is 1. The molecule has 0 bridgehead atoms. The largest absolute Gasteiger partial charge is 0.338 e. The fraction of sp³-hybridized carbons (Fsp3) is 0.368. The molecule has 0 aliphatic carbocycles. The second-order valence-electron chi connectivity index (χ2n) is 6.02. The Morgan fingerprint density at radius 2 is 1.91 bits per heavy atom. The zero-order valence-electron chi connectivity index (χ0n) is 12.8. The van der Waals surface area contributed by atoms with Crippen LogP contribution < -0.4 is 0 Å². The van der Waals surface area contributed by atoms with Gasteiger partial charge in [0.1, 0.15) is 0 Å². The molecule has 3 nitrogen and oxygen atoms in total. The molecule has 22 heavy (non-hydrogen) atoms. The molecule has 1 unspecified atom stereocenters. The first kappa shape index (κ1) is 14.8. The minimum atomic E-state index is 0.145. The molecule has 3 rings (SSSR count). The summed E-state index contributed by atoms with van der Waals surface area (Å²) in [6.45, 7) is 1.76. The van der Waals surface area contributed by atoms with Gasteiger partial charge in [0.25, 0.3) is 5.91 Å². The van der Waals surface area contributed by atoms with Crippen molar-refractivity contribution in [2.75, 3.05) is 13.1 Å². The van der Waals surface area contributed by atoms with Crippen molar-refractivity contribution in [2.24, 2.45) is 5.92 Å². The number of rotatable bonds is 4. The first-order valence-corrected chi connectivity index (χ1v) is 8.06. The van der Waals surface area contributed by atoms with Crippen molar-refractivity contribution < 1.29 is 4.79 Å². The van der Waals surface area contributed by atoms with E-state index in [1.54, 1.807) is 24.5 Å². The Morgan fingerprint density at radius 1 is 1.14 bits per heavy atom. The number of aromatic nitrogens is 1. The third-order valence-electron chi connectivity index (χ3n) is 4.42. The van der Waals surface area contributed by atoms with Crippen LogP contribution in [0, 0.1) is 5.92 Å². The van der Waals surface area contributed by atoms with Crippen LogP contribution in [0.25, 0.3) is 0 Å². The topological polar surface area (TPSA) is 33.2 Å². The van der Waals surface area contributed by atoms with Crippen LogP contribution in [0.4, 0.5) is 0 Å². The molecule has 1 atom stereocenters. The molecule has 114 valence electrons. The maximum atomic E-state index is 12.5. The van der Waals surface area contributed by atoms with E-state index in [1.165, 1.54) is 12.0 Å². The molecule has 0 N–H and O–H groups in total. The Balaban J connectivity index is 1.56. The summed E-state index contributed by atoms with van der Waals surface area (Å²) >= 11 is 0. The summed E-state index contributed by atoms with van der Waals surface area (Å²) in [7, 11) is 0. The molecule has 2 heterocycles. The van der Waals surface area contributed by atoms with Gasteiger partial charge in [-0.2, -0.15) is 0 Å². The van der Waals surface area contributed by atoms with Crippen molar-refractivity contribution in [2.45, 2.75) is 25.7 Å². The number of carbonyl (C=O) groups is 1. The molecule has 1 aromatic heterocycles. The Bertz CT molecular complexity index is 597. The Labute approximate surface area is 132 Å². The van der Waals surface area contributed by atoms with E-state index in [0.29, 0.717) is 5.92 Å². The van der Waals surface area contributed by atoms with Crippen LogP contribution in [0.15, 0.2) is 54.9 Å². The Hall–Kier alpha value is -2.16. The van der Waals surface area contributed by atoms with E-state index in [-0.39, 0.29) is 5.91 Å². The lowest BCUT2D eigenvalue weighted by atomic mass is 9.91. The van der Waals surface area contributed by atoms with E-state index in [9.17, 15) is 4.79 Å². The van der Waals surface area contributed by atoms with Crippen molar-refractivity contribution in [1.82, 2.24) is 9.88 Å². The Morgan fingerprint density at radius 3 is 2.68 bits per heavy atom. The fourth-order valence-corrected chi connectivity index (χ4v) is 3.18. The molecule has 1 aliphatic rings. The summed E-state index contributed by atoms with van der Waals surface area (Å²) < 4.78 is 0. The predicted octanol–water partition coefficient (Wildman–Crippen LogP) is 3.57. The number of pyridine rings is 1. The quantitative estimate of drug-likeness (QED) is 0.863. The molecule has 1 fully saturated rings. The fourth-order valence-electron chi connectivity index (χ4n) is 3.18. The van der Waals surface area contributed by atoms with E-state index in [4.69, 9.17) is 0 Å². The average Bonchev–Trinajstić information content (AvgIpc) is 2.61. The average molecular weight is 294 g/mol. The predicted molar refractivity (Wildman–Crippen MR) is 87.6 cm³/mol. The van der Waals surface area contributed by atoms with Gasteiger partial charge in [-0.05, 0) is 49.3 Å². The lowest BCUT2D eigenvalue weighted by Gasteiger charge is -2.33. The zero-order valence-corrected chi connectivity index (χ0v) is 12.8. The van der Waals surface area contributed by atoms with Gasteiger partial charge in [0.15, 0.2) is 0 Å². The second-order valence-corrected chi connectivity index (χ2v) is 6.02. The molecule has 0 spiro atoms. The number of likely N-dealkylation sites (tertiary alicyclic amines) is 1. The Kier molecular flexibility index (Phi) is 4.84. The van der Waals surface area contributed by atoms with Gasteiger partial charge >= 0.3 is 0 Å². The normalized spacial score (nSPS) is 18.2. The standard InChI is InChI=1S/C19H22N2O/c22-19(18-10-12-20-13-11-18)21-14-4-7-17(15-21)9-8-16-5-2-1-3-6-16/h1-3,5-6,10-13,17H,4,7-9,14-15H2. The SMILES string of the molecule is O=C(c1ccncc1)N1CCCC(CCc2ccccc2)C1. The van der Waals surface area contributed by atoms with E-state index < -0.39 is 0 Å². The van der Waals surface area contributed by atoms with E-state index >= 15 is 0 Å². The monoisotopic (exact) mass is 294 g/mol. The highest BCUT2D eigenvalue weighted by Crippen LogP contribution is 2.22. The lowest BCUT2D eigenvalue weighted by molar-refractivity contribution is 0.0668. The number of carbonyl (C=O) groups excluding carboxylic acids is 1. The van der Waals surface area contributed by atoms with Crippen molar-refractivity contribution in [1.29, 1.82) is 0 Å². The summed E-state index contributed by atoms with van der Waals surface area (Å²) in [5.74, 6) is 0.756. The molecule has 0 saturated carbocycles. The first-order valence-electron chi connectivity index (χ1n) is 8.06. The van der Waals surface area contributed by atoms with Gasteiger partial charge in [0.05, 0.1) is 0 Å². The van der Waals surface area contributed by atoms with Crippen molar-refractivity contribution in [3.05, 3.63) is 66.0 Å². The van der Waals surface area contributed by atoms with Crippen LogP contribution in [0.1, 0.15) is 35.2 Å². The number of piperidine rings is 1. The highest BCUT2D eigenvalue weighted by molar-refractivity contribution is 5.94.